The highest BCUT2D eigenvalue weighted by Crippen LogP contribution is 2.22. The van der Waals surface area contributed by atoms with E-state index >= 15 is 0 Å². The molecule has 0 fully saturated rings. The SMILES string of the molecule is N#C/C(=C\c1csc(Br)c1)C(N)=S. The number of rotatable bonds is 2. The van der Waals surface area contributed by atoms with Gasteiger partial charge in [0.05, 0.1) is 9.36 Å². The molecule has 0 aliphatic rings. The van der Waals surface area contributed by atoms with E-state index in [-0.39, 0.29) is 4.99 Å². The van der Waals surface area contributed by atoms with Gasteiger partial charge >= 0.3 is 0 Å². The molecule has 0 aromatic carbocycles. The van der Waals surface area contributed by atoms with Gasteiger partial charge in [-0.25, -0.2) is 0 Å². The number of thiophene rings is 1. The van der Waals surface area contributed by atoms with Crippen LogP contribution in [0.5, 0.6) is 0 Å². The van der Waals surface area contributed by atoms with Gasteiger partial charge in [-0.05, 0) is 39.0 Å². The Kier molecular flexibility index (Phi) is 3.60. The van der Waals surface area contributed by atoms with Gasteiger partial charge in [0.1, 0.15) is 11.1 Å². The Morgan fingerprint density at radius 1 is 1.77 bits per heavy atom. The highest BCUT2D eigenvalue weighted by molar-refractivity contribution is 9.11. The van der Waals surface area contributed by atoms with Crippen molar-refractivity contribution in [3.05, 3.63) is 26.4 Å². The normalized spacial score (nSPS) is 10.9. The Labute approximate surface area is 93.8 Å². The average Bonchev–Trinajstić information content (AvgIpc) is 2.46. The molecule has 0 saturated carbocycles. The third-order valence-electron chi connectivity index (χ3n) is 1.28. The first-order valence-electron chi connectivity index (χ1n) is 3.29. The van der Waals surface area contributed by atoms with Crippen LogP contribution in [0.1, 0.15) is 5.56 Å². The molecule has 5 heteroatoms. The van der Waals surface area contributed by atoms with E-state index < -0.39 is 0 Å². The zero-order valence-corrected chi connectivity index (χ0v) is 9.67. The van der Waals surface area contributed by atoms with E-state index in [9.17, 15) is 0 Å². The Bertz CT molecular complexity index is 401. The number of nitrogens with zero attached hydrogens (tertiary/aromatic N) is 1. The number of halogens is 1. The largest absolute Gasteiger partial charge is 0.389 e. The first kappa shape index (κ1) is 10.4. The van der Waals surface area contributed by atoms with E-state index in [2.05, 4.69) is 15.9 Å². The fourth-order valence-corrected chi connectivity index (χ4v) is 1.96. The van der Waals surface area contributed by atoms with Gasteiger partial charge in [0.25, 0.3) is 0 Å². The monoisotopic (exact) mass is 272 g/mol. The predicted molar refractivity (Wildman–Crippen MR) is 62.4 cm³/mol. The standard InChI is InChI=1S/C8H5BrN2S2/c9-7-2-5(4-13-7)1-6(3-10)8(11)12/h1-2,4H,(H2,11,12)/b6-1+. The van der Waals surface area contributed by atoms with E-state index in [0.717, 1.165) is 9.35 Å². The Morgan fingerprint density at radius 3 is 2.85 bits per heavy atom. The number of nitriles is 1. The van der Waals surface area contributed by atoms with E-state index in [1.807, 2.05) is 17.5 Å². The highest BCUT2D eigenvalue weighted by Gasteiger charge is 2.00. The van der Waals surface area contributed by atoms with Crippen LogP contribution in [0.3, 0.4) is 0 Å². The van der Waals surface area contributed by atoms with Crippen LogP contribution in [0.25, 0.3) is 6.08 Å². The van der Waals surface area contributed by atoms with Gasteiger partial charge in [0, 0.05) is 0 Å². The molecule has 13 heavy (non-hydrogen) atoms. The minimum Gasteiger partial charge on any atom is -0.389 e. The highest BCUT2D eigenvalue weighted by atomic mass is 79.9. The first-order valence-corrected chi connectivity index (χ1v) is 5.37. The van der Waals surface area contributed by atoms with Crippen LogP contribution in [-0.4, -0.2) is 4.99 Å². The predicted octanol–water partition coefficient (Wildman–Crippen LogP) is 2.70. The van der Waals surface area contributed by atoms with Crippen molar-refractivity contribution in [3.8, 4) is 6.07 Å². The summed E-state index contributed by atoms with van der Waals surface area (Å²) < 4.78 is 1.01. The van der Waals surface area contributed by atoms with Gasteiger partial charge in [-0.2, -0.15) is 5.26 Å². The van der Waals surface area contributed by atoms with Crippen molar-refractivity contribution < 1.29 is 0 Å². The Hall–Kier alpha value is -0.700. The van der Waals surface area contributed by atoms with Crippen molar-refractivity contribution in [2.75, 3.05) is 0 Å². The van der Waals surface area contributed by atoms with Gasteiger partial charge in [-0.15, -0.1) is 11.3 Å². The van der Waals surface area contributed by atoms with Crippen LogP contribution >= 0.6 is 39.5 Å². The third kappa shape index (κ3) is 2.92. The van der Waals surface area contributed by atoms with Crippen LogP contribution in [0.4, 0.5) is 0 Å². The maximum atomic E-state index is 8.67. The van der Waals surface area contributed by atoms with Gasteiger partial charge in [0.15, 0.2) is 0 Å². The molecule has 0 saturated heterocycles. The minimum absolute atomic E-state index is 0.129. The number of hydrogen-bond donors (Lipinski definition) is 1. The van der Waals surface area contributed by atoms with E-state index in [1.165, 1.54) is 0 Å². The summed E-state index contributed by atoms with van der Waals surface area (Å²) in [5.74, 6) is 0. The van der Waals surface area contributed by atoms with Crippen LogP contribution in [-0.2, 0) is 0 Å². The minimum atomic E-state index is 0.129. The van der Waals surface area contributed by atoms with Crippen molar-refractivity contribution in [1.29, 1.82) is 5.26 Å². The number of thiocarbonyl (C=S) groups is 1. The van der Waals surface area contributed by atoms with Crippen molar-refractivity contribution in [2.24, 2.45) is 5.73 Å². The second-order valence-corrected chi connectivity index (χ2v) is 4.95. The van der Waals surface area contributed by atoms with Gasteiger partial charge < -0.3 is 5.73 Å². The smallest absolute Gasteiger partial charge is 0.114 e. The molecule has 1 aromatic rings. The topological polar surface area (TPSA) is 49.8 Å². The second-order valence-electron chi connectivity index (χ2n) is 2.22. The van der Waals surface area contributed by atoms with Crippen LogP contribution < -0.4 is 5.73 Å². The summed E-state index contributed by atoms with van der Waals surface area (Å²) in [6, 6.07) is 3.85. The zero-order valence-electron chi connectivity index (χ0n) is 6.45. The van der Waals surface area contributed by atoms with Crippen molar-refractivity contribution in [2.45, 2.75) is 0 Å². The molecular formula is C8H5BrN2S2. The number of nitrogens with two attached hydrogens (primary N) is 1. The maximum Gasteiger partial charge on any atom is 0.114 e. The molecule has 1 heterocycles. The summed E-state index contributed by atoms with van der Waals surface area (Å²) in [6.45, 7) is 0. The molecule has 0 aliphatic heterocycles. The summed E-state index contributed by atoms with van der Waals surface area (Å²) >= 11 is 9.57. The molecule has 2 N–H and O–H groups in total. The first-order chi connectivity index (χ1) is 6.13. The number of hydrogen-bond acceptors (Lipinski definition) is 3. The molecule has 0 amide bonds. The lowest BCUT2D eigenvalue weighted by Gasteiger charge is -1.91. The van der Waals surface area contributed by atoms with E-state index in [4.69, 9.17) is 23.2 Å². The molecule has 1 rings (SSSR count). The molecule has 0 radical (unpaired) electrons. The Morgan fingerprint density at radius 2 is 2.46 bits per heavy atom. The molecule has 0 bridgehead atoms. The maximum absolute atomic E-state index is 8.67. The van der Waals surface area contributed by atoms with E-state index in [1.54, 1.807) is 17.4 Å². The molecular weight excluding hydrogens is 268 g/mol. The zero-order chi connectivity index (χ0) is 9.84. The average molecular weight is 273 g/mol. The quantitative estimate of drug-likeness (QED) is 0.512. The van der Waals surface area contributed by atoms with Crippen molar-refractivity contribution >= 4 is 50.5 Å². The fraction of sp³-hybridized carbons (Fsp3) is 0. The third-order valence-corrected chi connectivity index (χ3v) is 3.03. The van der Waals surface area contributed by atoms with Crippen molar-refractivity contribution in [3.63, 3.8) is 0 Å². The lowest BCUT2D eigenvalue weighted by atomic mass is 10.2. The van der Waals surface area contributed by atoms with Crippen molar-refractivity contribution in [1.82, 2.24) is 0 Å². The summed E-state index contributed by atoms with van der Waals surface area (Å²) in [5, 5.41) is 10.6. The Balaban J connectivity index is 3.00. The fourth-order valence-electron chi connectivity index (χ4n) is 0.724. The lowest BCUT2D eigenvalue weighted by molar-refractivity contribution is 1.51. The van der Waals surface area contributed by atoms with Crippen LogP contribution in [0, 0.1) is 11.3 Å². The lowest BCUT2D eigenvalue weighted by Crippen LogP contribution is -2.09. The summed E-state index contributed by atoms with van der Waals surface area (Å²) in [7, 11) is 0. The molecule has 66 valence electrons. The van der Waals surface area contributed by atoms with Gasteiger partial charge in [-0.3, -0.25) is 0 Å². The summed E-state index contributed by atoms with van der Waals surface area (Å²) in [5.41, 5.74) is 6.60. The van der Waals surface area contributed by atoms with Crippen LogP contribution in [0.15, 0.2) is 20.8 Å². The molecule has 0 spiro atoms. The molecule has 0 unspecified atom stereocenters. The summed E-state index contributed by atoms with van der Waals surface area (Å²) in [4.78, 5) is 0.129. The van der Waals surface area contributed by atoms with Gasteiger partial charge in [0.2, 0.25) is 0 Å². The second kappa shape index (κ2) is 4.51. The van der Waals surface area contributed by atoms with Crippen LogP contribution in [0.2, 0.25) is 0 Å². The van der Waals surface area contributed by atoms with Gasteiger partial charge in [-0.1, -0.05) is 12.2 Å². The molecule has 2 nitrogen and oxygen atoms in total. The molecule has 0 aliphatic carbocycles. The molecule has 0 atom stereocenters. The summed E-state index contributed by atoms with van der Waals surface area (Å²) in [6.07, 6.45) is 1.67. The molecule has 1 aromatic heterocycles. The van der Waals surface area contributed by atoms with E-state index in [0.29, 0.717) is 5.57 Å².